The summed E-state index contributed by atoms with van der Waals surface area (Å²) in [5.74, 6) is -0.396. The van der Waals surface area contributed by atoms with Crippen LogP contribution in [0.1, 0.15) is 39.0 Å². The van der Waals surface area contributed by atoms with E-state index < -0.39 is 5.97 Å². The van der Waals surface area contributed by atoms with Crippen molar-refractivity contribution < 1.29 is 14.7 Å². The van der Waals surface area contributed by atoms with E-state index in [1.54, 1.807) is 11.0 Å². The number of halogens is 1. The van der Waals surface area contributed by atoms with E-state index in [0.29, 0.717) is 19.5 Å². The highest BCUT2D eigenvalue weighted by Gasteiger charge is 2.30. The van der Waals surface area contributed by atoms with E-state index in [9.17, 15) is 9.59 Å². The molecule has 1 heterocycles. The molecule has 1 atom stereocenters. The van der Waals surface area contributed by atoms with Crippen LogP contribution in [-0.4, -0.2) is 35.0 Å². The van der Waals surface area contributed by atoms with E-state index in [4.69, 9.17) is 5.11 Å². The van der Waals surface area contributed by atoms with Gasteiger partial charge < -0.3 is 10.0 Å². The molecule has 2 fully saturated rings. The second-order valence-corrected chi connectivity index (χ2v) is 5.59. The number of hydrogen-bond acceptors (Lipinski definition) is 2. The Morgan fingerprint density at radius 2 is 1.89 bits per heavy atom. The number of carbonyl (C=O) groups is 2. The number of rotatable bonds is 2. The summed E-state index contributed by atoms with van der Waals surface area (Å²) in [6.45, 7) is 3.20. The van der Waals surface area contributed by atoms with Crippen molar-refractivity contribution in [3.8, 4) is 0 Å². The van der Waals surface area contributed by atoms with Gasteiger partial charge in [-0.05, 0) is 38.0 Å². The first kappa shape index (κ1) is 16.0. The van der Waals surface area contributed by atoms with Gasteiger partial charge in [-0.25, -0.2) is 0 Å². The summed E-state index contributed by atoms with van der Waals surface area (Å²) in [6, 6.07) is 0. The number of aliphatic carboxylic acids is 1. The third-order valence-electron chi connectivity index (χ3n) is 4.09. The Hall–Kier alpha value is -1.03. The van der Waals surface area contributed by atoms with E-state index in [1.807, 2.05) is 0 Å². The van der Waals surface area contributed by atoms with Gasteiger partial charge in [0.05, 0.1) is 5.92 Å². The Labute approximate surface area is 120 Å². The summed E-state index contributed by atoms with van der Waals surface area (Å²) in [4.78, 5) is 24.5. The van der Waals surface area contributed by atoms with Crippen LogP contribution in [0.4, 0.5) is 0 Å². The van der Waals surface area contributed by atoms with Crippen LogP contribution in [0.2, 0.25) is 0 Å². The highest BCUT2D eigenvalue weighted by molar-refractivity contribution is 5.89. The average molecular weight is 288 g/mol. The lowest BCUT2D eigenvalue weighted by atomic mass is 9.87. The van der Waals surface area contributed by atoms with Crippen molar-refractivity contribution in [3.63, 3.8) is 0 Å². The first-order valence-electron chi connectivity index (χ1n) is 6.77. The summed E-state index contributed by atoms with van der Waals surface area (Å²) in [5.41, 5.74) is 1.23. The number of allylic oxidation sites excluding steroid dienone is 1. The van der Waals surface area contributed by atoms with Crippen LogP contribution in [0.5, 0.6) is 0 Å². The van der Waals surface area contributed by atoms with E-state index in [2.05, 4.69) is 6.92 Å². The summed E-state index contributed by atoms with van der Waals surface area (Å²) < 4.78 is 0. The maximum atomic E-state index is 12.0. The third-order valence-corrected chi connectivity index (χ3v) is 4.09. The normalized spacial score (nSPS) is 26.8. The Kier molecular flexibility index (Phi) is 5.85. The average Bonchev–Trinajstić information content (AvgIpc) is 2.81. The molecule has 19 heavy (non-hydrogen) atoms. The molecule has 5 heteroatoms. The Balaban J connectivity index is 0.00000180. The minimum atomic E-state index is -0.788. The predicted octanol–water partition coefficient (Wildman–Crippen LogP) is 2.48. The quantitative estimate of drug-likeness (QED) is 0.794. The van der Waals surface area contributed by atoms with Gasteiger partial charge in [-0.2, -0.15) is 0 Å². The SMILES string of the molecule is CC1CCC(=CC(=O)N2CCC(C(=O)O)C2)CC1.Cl. The van der Waals surface area contributed by atoms with Gasteiger partial charge in [0.1, 0.15) is 0 Å². The number of carboxylic acid groups (broad SMARTS) is 1. The fourth-order valence-electron chi connectivity index (χ4n) is 2.71. The van der Waals surface area contributed by atoms with Crippen LogP contribution in [0.15, 0.2) is 11.6 Å². The Morgan fingerprint density at radius 3 is 2.42 bits per heavy atom. The number of carboxylic acids is 1. The van der Waals surface area contributed by atoms with Gasteiger partial charge in [-0.1, -0.05) is 12.5 Å². The molecule has 1 aliphatic heterocycles. The van der Waals surface area contributed by atoms with Crippen molar-refractivity contribution in [2.24, 2.45) is 11.8 Å². The zero-order valence-electron chi connectivity index (χ0n) is 11.3. The van der Waals surface area contributed by atoms with Crippen molar-refractivity contribution in [3.05, 3.63) is 11.6 Å². The molecule has 1 saturated carbocycles. The lowest BCUT2D eigenvalue weighted by Gasteiger charge is -2.21. The molecular weight excluding hydrogens is 266 g/mol. The van der Waals surface area contributed by atoms with Crippen molar-refractivity contribution in [2.45, 2.75) is 39.0 Å². The molecule has 1 amide bonds. The molecule has 0 spiro atoms. The Morgan fingerprint density at radius 1 is 1.26 bits per heavy atom. The number of amides is 1. The zero-order valence-corrected chi connectivity index (χ0v) is 12.1. The minimum Gasteiger partial charge on any atom is -0.481 e. The summed E-state index contributed by atoms with van der Waals surface area (Å²) in [7, 11) is 0. The monoisotopic (exact) mass is 287 g/mol. The molecule has 0 radical (unpaired) electrons. The smallest absolute Gasteiger partial charge is 0.308 e. The molecule has 2 rings (SSSR count). The highest BCUT2D eigenvalue weighted by Crippen LogP contribution is 2.28. The molecule has 0 aromatic carbocycles. The van der Waals surface area contributed by atoms with Crippen molar-refractivity contribution in [1.29, 1.82) is 0 Å². The standard InChI is InChI=1S/C14H21NO3.ClH/c1-10-2-4-11(5-3-10)8-13(16)15-7-6-12(9-15)14(17)18;/h8,10,12H,2-7,9H2,1H3,(H,17,18);1H. The van der Waals surface area contributed by atoms with E-state index in [0.717, 1.165) is 31.6 Å². The van der Waals surface area contributed by atoms with Crippen molar-refractivity contribution in [2.75, 3.05) is 13.1 Å². The lowest BCUT2D eigenvalue weighted by molar-refractivity contribution is -0.141. The second kappa shape index (κ2) is 6.94. The van der Waals surface area contributed by atoms with Crippen LogP contribution in [0.25, 0.3) is 0 Å². The number of likely N-dealkylation sites (tertiary alicyclic amines) is 1. The number of carbonyl (C=O) groups excluding carboxylic acids is 1. The first-order valence-corrected chi connectivity index (χ1v) is 6.77. The molecule has 1 saturated heterocycles. The summed E-state index contributed by atoms with van der Waals surface area (Å²) in [5, 5.41) is 8.91. The van der Waals surface area contributed by atoms with Crippen LogP contribution in [0, 0.1) is 11.8 Å². The van der Waals surface area contributed by atoms with Gasteiger partial charge in [0.15, 0.2) is 0 Å². The molecule has 0 bridgehead atoms. The predicted molar refractivity (Wildman–Crippen MR) is 75.3 cm³/mol. The first-order chi connectivity index (χ1) is 8.56. The molecule has 108 valence electrons. The van der Waals surface area contributed by atoms with Gasteiger partial charge in [-0.15, -0.1) is 12.4 Å². The van der Waals surface area contributed by atoms with Gasteiger partial charge in [0, 0.05) is 19.2 Å². The fraction of sp³-hybridized carbons (Fsp3) is 0.714. The molecule has 0 aromatic rings. The molecule has 1 unspecified atom stereocenters. The molecule has 0 aromatic heterocycles. The largest absolute Gasteiger partial charge is 0.481 e. The fourth-order valence-corrected chi connectivity index (χ4v) is 2.71. The Bertz CT molecular complexity index is 371. The van der Waals surface area contributed by atoms with E-state index in [1.165, 1.54) is 5.57 Å². The number of nitrogens with zero attached hydrogens (tertiary/aromatic N) is 1. The minimum absolute atomic E-state index is 0. The maximum absolute atomic E-state index is 12.0. The summed E-state index contributed by atoms with van der Waals surface area (Å²) >= 11 is 0. The number of hydrogen-bond donors (Lipinski definition) is 1. The highest BCUT2D eigenvalue weighted by atomic mass is 35.5. The third kappa shape index (κ3) is 4.23. The zero-order chi connectivity index (χ0) is 13.1. The van der Waals surface area contributed by atoms with E-state index >= 15 is 0 Å². The topological polar surface area (TPSA) is 57.6 Å². The summed E-state index contributed by atoms with van der Waals surface area (Å²) in [6.07, 6.45) is 6.69. The molecule has 1 N–H and O–H groups in total. The van der Waals surface area contributed by atoms with Gasteiger partial charge >= 0.3 is 5.97 Å². The van der Waals surface area contributed by atoms with Crippen molar-refractivity contribution in [1.82, 2.24) is 4.90 Å². The lowest BCUT2D eigenvalue weighted by Crippen LogP contribution is -2.28. The molecule has 4 nitrogen and oxygen atoms in total. The van der Waals surface area contributed by atoms with Crippen LogP contribution < -0.4 is 0 Å². The molecule has 1 aliphatic carbocycles. The molecule has 2 aliphatic rings. The van der Waals surface area contributed by atoms with Gasteiger partial charge in [0.2, 0.25) is 5.91 Å². The van der Waals surface area contributed by atoms with E-state index in [-0.39, 0.29) is 24.2 Å². The van der Waals surface area contributed by atoms with Crippen LogP contribution >= 0.6 is 12.4 Å². The molecular formula is C14H22ClNO3. The van der Waals surface area contributed by atoms with Crippen molar-refractivity contribution >= 4 is 24.3 Å². The van der Waals surface area contributed by atoms with Crippen LogP contribution in [-0.2, 0) is 9.59 Å². The second-order valence-electron chi connectivity index (χ2n) is 5.59. The van der Waals surface area contributed by atoms with Gasteiger partial charge in [0.25, 0.3) is 0 Å². The van der Waals surface area contributed by atoms with Gasteiger partial charge in [-0.3, -0.25) is 9.59 Å². The maximum Gasteiger partial charge on any atom is 0.308 e. The van der Waals surface area contributed by atoms with Crippen LogP contribution in [0.3, 0.4) is 0 Å².